The summed E-state index contributed by atoms with van der Waals surface area (Å²) in [5.74, 6) is 1.02. The Morgan fingerprint density at radius 3 is 2.59 bits per heavy atom. The maximum Gasteiger partial charge on any atom is 0.164 e. The molecule has 0 saturated carbocycles. The van der Waals surface area contributed by atoms with Crippen molar-refractivity contribution in [2.75, 3.05) is 4.90 Å². The molecule has 0 fully saturated rings. The lowest BCUT2D eigenvalue weighted by molar-refractivity contribution is 0.866. The molecule has 0 amide bonds. The van der Waals surface area contributed by atoms with Crippen molar-refractivity contribution in [3.63, 3.8) is 0 Å². The number of aromatic nitrogens is 3. The number of rotatable bonds is 3. The zero-order valence-corrected chi connectivity index (χ0v) is 19.1. The summed E-state index contributed by atoms with van der Waals surface area (Å²) in [6.07, 6.45) is 4.57. The van der Waals surface area contributed by atoms with E-state index in [0.29, 0.717) is 0 Å². The van der Waals surface area contributed by atoms with Crippen molar-refractivity contribution in [2.45, 2.75) is 53.0 Å². The molecular formula is C27H27N5. The van der Waals surface area contributed by atoms with E-state index in [2.05, 4.69) is 72.7 Å². The minimum Gasteiger partial charge on any atom is -0.325 e. The third-order valence-corrected chi connectivity index (χ3v) is 6.65. The second-order valence-corrected chi connectivity index (χ2v) is 8.53. The quantitative estimate of drug-likeness (QED) is 0.423. The van der Waals surface area contributed by atoms with Gasteiger partial charge in [0.25, 0.3) is 0 Å². The standard InChI is InChI=1S/C27H27N5/c1-5-25-30-26-17(2)14-15-29-27(26)32(25)22-12-13-24-21(19(22)4)11-10-20-8-6-7-9-23(20)31(24)18(3)16-28/h6-9,12-15,18H,5,10-11H2,1-4H3. The van der Waals surface area contributed by atoms with E-state index in [1.165, 1.54) is 16.7 Å². The van der Waals surface area contributed by atoms with Crippen LogP contribution >= 0.6 is 0 Å². The van der Waals surface area contributed by atoms with Crippen LogP contribution in [-0.2, 0) is 19.3 Å². The van der Waals surface area contributed by atoms with Gasteiger partial charge in [0, 0.05) is 24.0 Å². The summed E-state index contributed by atoms with van der Waals surface area (Å²) >= 11 is 0. The van der Waals surface area contributed by atoms with Crippen molar-refractivity contribution >= 4 is 22.5 Å². The van der Waals surface area contributed by atoms with Gasteiger partial charge >= 0.3 is 0 Å². The van der Waals surface area contributed by atoms with Crippen LogP contribution in [0, 0.1) is 25.2 Å². The van der Waals surface area contributed by atoms with Crippen LogP contribution in [0.3, 0.4) is 0 Å². The van der Waals surface area contributed by atoms with E-state index in [1.807, 2.05) is 19.2 Å². The second-order valence-electron chi connectivity index (χ2n) is 8.53. The number of nitrogens with zero attached hydrogens (tertiary/aromatic N) is 5. The molecule has 1 aliphatic heterocycles. The molecule has 5 heteroatoms. The molecule has 3 heterocycles. The molecule has 2 aromatic heterocycles. The van der Waals surface area contributed by atoms with E-state index in [9.17, 15) is 5.26 Å². The highest BCUT2D eigenvalue weighted by Gasteiger charge is 2.27. The molecule has 160 valence electrons. The predicted molar refractivity (Wildman–Crippen MR) is 129 cm³/mol. The summed E-state index contributed by atoms with van der Waals surface area (Å²) in [4.78, 5) is 11.8. The third kappa shape index (κ3) is 2.98. The number of pyridine rings is 1. The number of hydrogen-bond donors (Lipinski definition) is 0. The van der Waals surface area contributed by atoms with Gasteiger partial charge < -0.3 is 4.90 Å². The summed E-state index contributed by atoms with van der Waals surface area (Å²) in [6.45, 7) is 8.39. The van der Waals surface area contributed by atoms with E-state index < -0.39 is 0 Å². The summed E-state index contributed by atoms with van der Waals surface area (Å²) in [7, 11) is 0. The van der Waals surface area contributed by atoms with Gasteiger partial charge in [-0.05, 0) is 80.1 Å². The molecule has 1 atom stereocenters. The number of aryl methyl sites for hydroxylation is 3. The first-order valence-corrected chi connectivity index (χ1v) is 11.3. The van der Waals surface area contributed by atoms with Gasteiger partial charge in [-0.15, -0.1) is 0 Å². The normalized spacial score (nSPS) is 13.9. The molecule has 0 radical (unpaired) electrons. The van der Waals surface area contributed by atoms with E-state index in [0.717, 1.165) is 58.9 Å². The number of imidazole rings is 1. The van der Waals surface area contributed by atoms with Gasteiger partial charge in [-0.25, -0.2) is 9.97 Å². The smallest absolute Gasteiger partial charge is 0.164 e. The van der Waals surface area contributed by atoms with E-state index in [4.69, 9.17) is 9.97 Å². The molecule has 5 nitrogen and oxygen atoms in total. The van der Waals surface area contributed by atoms with Crippen molar-refractivity contribution in [1.29, 1.82) is 5.26 Å². The van der Waals surface area contributed by atoms with Gasteiger partial charge in [0.05, 0.1) is 11.8 Å². The Labute approximate surface area is 189 Å². The first kappa shape index (κ1) is 20.3. The Morgan fingerprint density at radius 2 is 1.81 bits per heavy atom. The average Bonchev–Trinajstić information content (AvgIpc) is 3.10. The van der Waals surface area contributed by atoms with Crippen LogP contribution in [0.2, 0.25) is 0 Å². The maximum absolute atomic E-state index is 9.80. The topological polar surface area (TPSA) is 57.7 Å². The zero-order chi connectivity index (χ0) is 22.4. The zero-order valence-electron chi connectivity index (χ0n) is 19.1. The number of para-hydroxylation sites is 1. The van der Waals surface area contributed by atoms with Crippen molar-refractivity contribution in [3.05, 3.63) is 76.7 Å². The maximum atomic E-state index is 9.80. The highest BCUT2D eigenvalue weighted by Crippen LogP contribution is 2.40. The van der Waals surface area contributed by atoms with Gasteiger partial charge in [0.1, 0.15) is 17.4 Å². The van der Waals surface area contributed by atoms with E-state index >= 15 is 0 Å². The van der Waals surface area contributed by atoms with Crippen LogP contribution < -0.4 is 4.90 Å². The summed E-state index contributed by atoms with van der Waals surface area (Å²) in [5.41, 5.74) is 10.2. The van der Waals surface area contributed by atoms with Crippen molar-refractivity contribution in [2.24, 2.45) is 0 Å². The van der Waals surface area contributed by atoms with Crippen LogP contribution in [0.4, 0.5) is 11.4 Å². The molecule has 32 heavy (non-hydrogen) atoms. The second kappa shape index (κ2) is 7.80. The van der Waals surface area contributed by atoms with Crippen LogP contribution in [0.1, 0.15) is 41.9 Å². The fraction of sp³-hybridized carbons (Fsp3) is 0.296. The molecule has 1 unspecified atom stereocenters. The molecular weight excluding hydrogens is 394 g/mol. The Hall–Kier alpha value is -3.65. The number of fused-ring (bicyclic) bond motifs is 3. The number of nitriles is 1. The molecule has 0 N–H and O–H groups in total. The summed E-state index contributed by atoms with van der Waals surface area (Å²) < 4.78 is 2.22. The Kier molecular flexibility index (Phi) is 4.94. The Morgan fingerprint density at radius 1 is 1.03 bits per heavy atom. The number of anilines is 2. The lowest BCUT2D eigenvalue weighted by atomic mass is 9.98. The minimum atomic E-state index is -0.261. The van der Waals surface area contributed by atoms with Gasteiger partial charge in [0.15, 0.2) is 5.65 Å². The Bertz CT molecular complexity index is 1380. The monoisotopic (exact) mass is 421 g/mol. The lowest BCUT2D eigenvalue weighted by Crippen LogP contribution is -2.28. The summed E-state index contributed by atoms with van der Waals surface area (Å²) in [6, 6.07) is 17.0. The third-order valence-electron chi connectivity index (χ3n) is 6.65. The molecule has 1 aliphatic rings. The average molecular weight is 422 g/mol. The molecule has 5 rings (SSSR count). The van der Waals surface area contributed by atoms with Gasteiger partial charge in [-0.1, -0.05) is 25.1 Å². The van der Waals surface area contributed by atoms with Crippen molar-refractivity contribution < 1.29 is 0 Å². The van der Waals surface area contributed by atoms with Gasteiger partial charge in [-0.3, -0.25) is 4.57 Å². The van der Waals surface area contributed by atoms with Gasteiger partial charge in [-0.2, -0.15) is 5.26 Å². The first-order chi connectivity index (χ1) is 15.5. The van der Waals surface area contributed by atoms with Crippen LogP contribution in [-0.4, -0.2) is 20.6 Å². The fourth-order valence-electron chi connectivity index (χ4n) is 4.96. The first-order valence-electron chi connectivity index (χ1n) is 11.3. The van der Waals surface area contributed by atoms with Gasteiger partial charge in [0.2, 0.25) is 0 Å². The molecule has 0 saturated heterocycles. The predicted octanol–water partition coefficient (Wildman–Crippen LogP) is 5.75. The number of hydrogen-bond acceptors (Lipinski definition) is 4. The minimum absolute atomic E-state index is 0.261. The molecule has 0 bridgehead atoms. The highest BCUT2D eigenvalue weighted by molar-refractivity contribution is 5.80. The van der Waals surface area contributed by atoms with Crippen LogP contribution in [0.15, 0.2) is 48.7 Å². The van der Waals surface area contributed by atoms with Crippen molar-refractivity contribution in [1.82, 2.24) is 14.5 Å². The highest BCUT2D eigenvalue weighted by atomic mass is 15.2. The molecule has 2 aromatic carbocycles. The Balaban J connectivity index is 1.76. The van der Waals surface area contributed by atoms with Crippen LogP contribution in [0.25, 0.3) is 16.9 Å². The van der Waals surface area contributed by atoms with E-state index in [1.54, 1.807) is 0 Å². The summed E-state index contributed by atoms with van der Waals surface area (Å²) in [5, 5.41) is 9.80. The SMILES string of the molecule is CCc1nc2c(C)ccnc2n1-c1ccc2c(c1C)CCc1ccccc1N2C(C)C#N. The van der Waals surface area contributed by atoms with Crippen molar-refractivity contribution in [3.8, 4) is 11.8 Å². The van der Waals surface area contributed by atoms with E-state index in [-0.39, 0.29) is 6.04 Å². The fourth-order valence-corrected chi connectivity index (χ4v) is 4.96. The lowest BCUT2D eigenvalue weighted by Gasteiger charge is -2.30. The largest absolute Gasteiger partial charge is 0.325 e. The molecule has 0 aliphatic carbocycles. The number of benzene rings is 2. The van der Waals surface area contributed by atoms with Crippen LogP contribution in [0.5, 0.6) is 0 Å². The molecule has 0 spiro atoms. The molecule has 4 aromatic rings.